The van der Waals surface area contributed by atoms with Gasteiger partial charge in [-0.15, -0.1) is 0 Å². The van der Waals surface area contributed by atoms with Crippen LogP contribution in [0, 0.1) is 13.8 Å². The van der Waals surface area contributed by atoms with Crippen LogP contribution in [-0.4, -0.2) is 23.4 Å². The Morgan fingerprint density at radius 3 is 2.50 bits per heavy atom. The van der Waals surface area contributed by atoms with E-state index in [0.29, 0.717) is 0 Å². The predicted octanol–water partition coefficient (Wildman–Crippen LogP) is 3.23. The van der Waals surface area contributed by atoms with Crippen molar-refractivity contribution in [2.24, 2.45) is 0 Å². The van der Waals surface area contributed by atoms with E-state index < -0.39 is 0 Å². The zero-order valence-corrected chi connectivity index (χ0v) is 12.6. The molecule has 0 fully saturated rings. The quantitative estimate of drug-likeness (QED) is 0.683. The number of aromatic nitrogens is 2. The summed E-state index contributed by atoms with van der Waals surface area (Å²) in [5.74, 6) is 0. The zero-order chi connectivity index (χ0) is 13.4. The molecule has 0 radical (unpaired) electrons. The molecule has 0 atom stereocenters. The maximum absolute atomic E-state index is 4.67. The van der Waals surface area contributed by atoms with Gasteiger partial charge in [-0.3, -0.25) is 4.68 Å². The van der Waals surface area contributed by atoms with E-state index in [1.54, 1.807) is 0 Å². The fourth-order valence-electron chi connectivity index (χ4n) is 2.43. The molecule has 18 heavy (non-hydrogen) atoms. The Kier molecular flexibility index (Phi) is 7.02. The molecule has 1 heterocycles. The maximum atomic E-state index is 4.67. The van der Waals surface area contributed by atoms with Crippen LogP contribution in [0.25, 0.3) is 0 Å². The number of rotatable bonds is 9. The van der Waals surface area contributed by atoms with Crippen LogP contribution < -0.4 is 5.32 Å². The van der Waals surface area contributed by atoms with Gasteiger partial charge in [0.05, 0.1) is 5.69 Å². The van der Waals surface area contributed by atoms with Crippen LogP contribution in [0.3, 0.4) is 0 Å². The average Bonchev–Trinajstić information content (AvgIpc) is 2.62. The number of aryl methyl sites for hydroxylation is 2. The lowest BCUT2D eigenvalue weighted by molar-refractivity contribution is 0.522. The molecule has 0 aliphatic rings. The Bertz CT molecular complexity index is 342. The minimum absolute atomic E-state index is 1.03. The third-order valence-electron chi connectivity index (χ3n) is 3.63. The number of hydrogen-bond acceptors (Lipinski definition) is 2. The topological polar surface area (TPSA) is 29.9 Å². The molecule has 3 nitrogen and oxygen atoms in total. The lowest BCUT2D eigenvalue weighted by Gasteiger charge is -2.05. The second-order valence-electron chi connectivity index (χ2n) is 5.14. The van der Waals surface area contributed by atoms with Gasteiger partial charge in [0.1, 0.15) is 0 Å². The van der Waals surface area contributed by atoms with Gasteiger partial charge in [0, 0.05) is 12.2 Å². The second-order valence-corrected chi connectivity index (χ2v) is 5.14. The van der Waals surface area contributed by atoms with E-state index >= 15 is 0 Å². The molecule has 0 saturated heterocycles. The molecule has 1 aromatic rings. The number of nitrogens with one attached hydrogen (secondary N) is 1. The maximum Gasteiger partial charge on any atom is 0.0628 e. The van der Waals surface area contributed by atoms with Crippen LogP contribution in [0.1, 0.15) is 56.0 Å². The van der Waals surface area contributed by atoms with Crippen LogP contribution in [-0.2, 0) is 13.0 Å². The van der Waals surface area contributed by atoms with E-state index in [1.165, 1.54) is 49.1 Å². The molecule has 1 N–H and O–H groups in total. The first-order valence-corrected chi connectivity index (χ1v) is 7.38. The SMILES string of the molecule is CCCCCCCn1nc(C)c(CCNC)c1C. The van der Waals surface area contributed by atoms with Crippen LogP contribution >= 0.6 is 0 Å². The van der Waals surface area contributed by atoms with Crippen molar-refractivity contribution >= 4 is 0 Å². The van der Waals surface area contributed by atoms with Crippen molar-refractivity contribution < 1.29 is 0 Å². The van der Waals surface area contributed by atoms with Gasteiger partial charge in [0.2, 0.25) is 0 Å². The van der Waals surface area contributed by atoms with Crippen LogP contribution in [0.4, 0.5) is 0 Å². The average molecular weight is 251 g/mol. The molecule has 0 aliphatic heterocycles. The van der Waals surface area contributed by atoms with Gasteiger partial charge in [0.15, 0.2) is 0 Å². The monoisotopic (exact) mass is 251 g/mol. The van der Waals surface area contributed by atoms with Crippen molar-refractivity contribution in [2.75, 3.05) is 13.6 Å². The van der Waals surface area contributed by atoms with Gasteiger partial charge in [-0.05, 0) is 45.8 Å². The number of likely N-dealkylation sites (N-methyl/N-ethyl adjacent to an activating group) is 1. The van der Waals surface area contributed by atoms with E-state index in [9.17, 15) is 0 Å². The number of nitrogens with zero attached hydrogens (tertiary/aromatic N) is 2. The molecule has 0 spiro atoms. The Morgan fingerprint density at radius 1 is 1.11 bits per heavy atom. The largest absolute Gasteiger partial charge is 0.319 e. The van der Waals surface area contributed by atoms with Gasteiger partial charge >= 0.3 is 0 Å². The van der Waals surface area contributed by atoms with Crippen LogP contribution in [0.15, 0.2) is 0 Å². The molecule has 0 unspecified atom stereocenters. The number of unbranched alkanes of at least 4 members (excludes halogenated alkanes) is 4. The van der Waals surface area contributed by atoms with Crippen molar-refractivity contribution in [3.05, 3.63) is 17.0 Å². The minimum atomic E-state index is 1.03. The van der Waals surface area contributed by atoms with E-state index in [4.69, 9.17) is 0 Å². The Hall–Kier alpha value is -0.830. The Labute approximate surface area is 112 Å². The molecule has 104 valence electrons. The molecular weight excluding hydrogens is 222 g/mol. The summed E-state index contributed by atoms with van der Waals surface area (Å²) in [6.07, 6.45) is 7.72. The molecule has 3 heteroatoms. The van der Waals surface area contributed by atoms with Crippen LogP contribution in [0.5, 0.6) is 0 Å². The normalized spacial score (nSPS) is 11.1. The predicted molar refractivity (Wildman–Crippen MR) is 78.1 cm³/mol. The third kappa shape index (κ3) is 4.45. The Balaban J connectivity index is 2.46. The lowest BCUT2D eigenvalue weighted by Crippen LogP contribution is -2.11. The third-order valence-corrected chi connectivity index (χ3v) is 3.63. The highest BCUT2D eigenvalue weighted by Gasteiger charge is 2.10. The Morgan fingerprint density at radius 2 is 1.83 bits per heavy atom. The van der Waals surface area contributed by atoms with Gasteiger partial charge in [-0.1, -0.05) is 32.6 Å². The van der Waals surface area contributed by atoms with Crippen molar-refractivity contribution in [2.45, 2.75) is 65.8 Å². The van der Waals surface area contributed by atoms with Crippen molar-refractivity contribution in [1.82, 2.24) is 15.1 Å². The molecule has 0 bridgehead atoms. The summed E-state index contributed by atoms with van der Waals surface area (Å²) in [7, 11) is 2.00. The summed E-state index contributed by atoms with van der Waals surface area (Å²) in [4.78, 5) is 0. The first kappa shape index (κ1) is 15.2. The first-order chi connectivity index (χ1) is 8.70. The van der Waals surface area contributed by atoms with E-state index in [1.807, 2.05) is 7.05 Å². The summed E-state index contributed by atoms with van der Waals surface area (Å²) in [6.45, 7) is 8.71. The summed E-state index contributed by atoms with van der Waals surface area (Å²) in [6, 6.07) is 0. The van der Waals surface area contributed by atoms with Gasteiger partial charge in [0.25, 0.3) is 0 Å². The van der Waals surface area contributed by atoms with Crippen molar-refractivity contribution in [1.29, 1.82) is 0 Å². The highest BCUT2D eigenvalue weighted by molar-refractivity contribution is 5.24. The van der Waals surface area contributed by atoms with Crippen molar-refractivity contribution in [3.8, 4) is 0 Å². The fourth-order valence-corrected chi connectivity index (χ4v) is 2.43. The van der Waals surface area contributed by atoms with E-state index in [-0.39, 0.29) is 0 Å². The van der Waals surface area contributed by atoms with Gasteiger partial charge in [-0.25, -0.2) is 0 Å². The molecule has 1 aromatic heterocycles. The molecule has 0 aromatic carbocycles. The lowest BCUT2D eigenvalue weighted by atomic mass is 10.1. The second kappa shape index (κ2) is 8.30. The highest BCUT2D eigenvalue weighted by atomic mass is 15.3. The highest BCUT2D eigenvalue weighted by Crippen LogP contribution is 2.14. The summed E-state index contributed by atoms with van der Waals surface area (Å²) >= 11 is 0. The summed E-state index contributed by atoms with van der Waals surface area (Å²) in [5.41, 5.74) is 3.99. The molecule has 0 aliphatic carbocycles. The minimum Gasteiger partial charge on any atom is -0.319 e. The molecule has 0 saturated carbocycles. The van der Waals surface area contributed by atoms with Gasteiger partial charge < -0.3 is 5.32 Å². The fraction of sp³-hybridized carbons (Fsp3) is 0.800. The van der Waals surface area contributed by atoms with Crippen molar-refractivity contribution in [3.63, 3.8) is 0 Å². The zero-order valence-electron chi connectivity index (χ0n) is 12.6. The van der Waals surface area contributed by atoms with E-state index in [0.717, 1.165) is 19.5 Å². The molecular formula is C15H29N3. The smallest absolute Gasteiger partial charge is 0.0628 e. The number of hydrogen-bond donors (Lipinski definition) is 1. The summed E-state index contributed by atoms with van der Waals surface area (Å²) < 4.78 is 2.20. The first-order valence-electron chi connectivity index (χ1n) is 7.38. The summed E-state index contributed by atoms with van der Waals surface area (Å²) in [5, 5.41) is 7.88. The molecule has 0 amide bonds. The molecule has 1 rings (SSSR count). The van der Waals surface area contributed by atoms with Crippen LogP contribution in [0.2, 0.25) is 0 Å². The van der Waals surface area contributed by atoms with Gasteiger partial charge in [-0.2, -0.15) is 5.10 Å². The standard InChI is InChI=1S/C15H29N3/c1-5-6-7-8-9-12-18-14(3)15(10-11-16-4)13(2)17-18/h16H,5-12H2,1-4H3. The van der Waals surface area contributed by atoms with E-state index in [2.05, 4.69) is 35.9 Å².